The minimum Gasteiger partial charge on any atom is -0.395 e. The summed E-state index contributed by atoms with van der Waals surface area (Å²) >= 11 is 0. The zero-order chi connectivity index (χ0) is 10.1. The molecule has 0 saturated heterocycles. The van der Waals surface area contributed by atoms with E-state index < -0.39 is 0 Å². The number of nitrogens with one attached hydrogen (secondary N) is 1. The van der Waals surface area contributed by atoms with Gasteiger partial charge < -0.3 is 20.3 Å². The molecule has 0 amide bonds. The summed E-state index contributed by atoms with van der Waals surface area (Å²) in [6, 6.07) is 0.137. The Bertz CT molecular complexity index is 109. The second-order valence-corrected chi connectivity index (χ2v) is 3.32. The normalized spacial score (nSPS) is 13.6. The van der Waals surface area contributed by atoms with Crippen molar-refractivity contribution in [3.8, 4) is 0 Å². The lowest BCUT2D eigenvalue weighted by Crippen LogP contribution is -2.39. The second-order valence-electron chi connectivity index (χ2n) is 3.32. The Labute approximate surface area is 79.9 Å². The number of hydrogen-bond acceptors (Lipinski definition) is 4. The van der Waals surface area contributed by atoms with Crippen LogP contribution in [0.3, 0.4) is 0 Å². The molecule has 0 aromatic carbocycles. The molecule has 0 aromatic heterocycles. The van der Waals surface area contributed by atoms with Gasteiger partial charge in [-0.25, -0.2) is 0 Å². The van der Waals surface area contributed by atoms with E-state index in [1.165, 1.54) is 0 Å². The summed E-state index contributed by atoms with van der Waals surface area (Å²) in [6.45, 7) is 6.00. The number of aliphatic hydroxyl groups excluding tert-OH is 2. The largest absolute Gasteiger partial charge is 0.395 e. The van der Waals surface area contributed by atoms with Gasteiger partial charge in [0, 0.05) is 12.6 Å². The zero-order valence-corrected chi connectivity index (χ0v) is 8.49. The van der Waals surface area contributed by atoms with E-state index in [4.69, 9.17) is 14.9 Å². The lowest BCUT2D eigenvalue weighted by atomic mass is 10.1. The third-order valence-electron chi connectivity index (χ3n) is 1.89. The molecule has 1 unspecified atom stereocenters. The molecule has 3 N–H and O–H groups in total. The molecule has 0 saturated carbocycles. The maximum absolute atomic E-state index is 8.96. The van der Waals surface area contributed by atoms with Crippen LogP contribution in [0.2, 0.25) is 0 Å². The van der Waals surface area contributed by atoms with Gasteiger partial charge in [0.1, 0.15) is 0 Å². The fourth-order valence-electron chi connectivity index (χ4n) is 0.994. The first-order valence-electron chi connectivity index (χ1n) is 4.75. The van der Waals surface area contributed by atoms with Crippen molar-refractivity contribution in [2.75, 3.05) is 33.0 Å². The molecule has 0 spiro atoms. The predicted molar refractivity (Wildman–Crippen MR) is 51.6 cm³/mol. The number of rotatable bonds is 8. The van der Waals surface area contributed by atoms with Gasteiger partial charge in [0.15, 0.2) is 0 Å². The standard InChI is InChI=1S/C9H21NO3/c1-8(2)9(7-12)10-3-5-13-6-4-11/h8-12H,3-7H2,1-2H3. The molecule has 0 aliphatic heterocycles. The summed E-state index contributed by atoms with van der Waals surface area (Å²) in [4.78, 5) is 0. The molecule has 4 nitrogen and oxygen atoms in total. The van der Waals surface area contributed by atoms with Crippen molar-refractivity contribution in [2.45, 2.75) is 19.9 Å². The minimum atomic E-state index is 0.0631. The van der Waals surface area contributed by atoms with E-state index in [1.54, 1.807) is 0 Å². The van der Waals surface area contributed by atoms with Crippen LogP contribution in [0.5, 0.6) is 0 Å². The molecule has 0 aromatic rings. The molecule has 0 aliphatic rings. The highest BCUT2D eigenvalue weighted by molar-refractivity contribution is 4.68. The second kappa shape index (κ2) is 8.44. The third-order valence-corrected chi connectivity index (χ3v) is 1.89. The minimum absolute atomic E-state index is 0.0631. The van der Waals surface area contributed by atoms with Gasteiger partial charge in [-0.15, -0.1) is 0 Å². The van der Waals surface area contributed by atoms with Crippen molar-refractivity contribution in [2.24, 2.45) is 5.92 Å². The Morgan fingerprint density at radius 2 is 1.92 bits per heavy atom. The number of hydrogen-bond donors (Lipinski definition) is 3. The summed E-state index contributed by atoms with van der Waals surface area (Å²) in [5.41, 5.74) is 0. The van der Waals surface area contributed by atoms with Gasteiger partial charge in [-0.1, -0.05) is 13.8 Å². The number of ether oxygens (including phenoxy) is 1. The maximum Gasteiger partial charge on any atom is 0.0698 e. The van der Waals surface area contributed by atoms with Crippen LogP contribution in [-0.2, 0) is 4.74 Å². The molecule has 0 rings (SSSR count). The Morgan fingerprint density at radius 1 is 1.23 bits per heavy atom. The van der Waals surface area contributed by atoms with Gasteiger partial charge in [0.05, 0.1) is 26.4 Å². The van der Waals surface area contributed by atoms with Crippen molar-refractivity contribution in [1.29, 1.82) is 0 Å². The van der Waals surface area contributed by atoms with E-state index in [-0.39, 0.29) is 19.3 Å². The van der Waals surface area contributed by atoms with Crippen molar-refractivity contribution >= 4 is 0 Å². The first-order chi connectivity index (χ1) is 6.22. The van der Waals surface area contributed by atoms with E-state index in [0.717, 1.165) is 0 Å². The highest BCUT2D eigenvalue weighted by atomic mass is 16.5. The Balaban J connectivity index is 3.28. The van der Waals surface area contributed by atoms with Gasteiger partial charge in [0.25, 0.3) is 0 Å². The molecular weight excluding hydrogens is 170 g/mol. The van der Waals surface area contributed by atoms with Gasteiger partial charge in [-0.3, -0.25) is 0 Å². The van der Waals surface area contributed by atoms with Crippen molar-refractivity contribution < 1.29 is 14.9 Å². The van der Waals surface area contributed by atoms with Crippen LogP contribution in [-0.4, -0.2) is 49.2 Å². The zero-order valence-electron chi connectivity index (χ0n) is 8.49. The monoisotopic (exact) mass is 191 g/mol. The molecule has 0 heterocycles. The van der Waals surface area contributed by atoms with E-state index in [0.29, 0.717) is 25.7 Å². The fraction of sp³-hybridized carbons (Fsp3) is 1.00. The molecule has 0 radical (unpaired) electrons. The molecule has 0 aliphatic carbocycles. The van der Waals surface area contributed by atoms with Crippen LogP contribution in [0.4, 0.5) is 0 Å². The van der Waals surface area contributed by atoms with Gasteiger partial charge in [0.2, 0.25) is 0 Å². The van der Waals surface area contributed by atoms with Crippen LogP contribution >= 0.6 is 0 Å². The van der Waals surface area contributed by atoms with Gasteiger partial charge >= 0.3 is 0 Å². The lowest BCUT2D eigenvalue weighted by Gasteiger charge is -2.19. The summed E-state index contributed by atoms with van der Waals surface area (Å²) in [5.74, 6) is 0.419. The van der Waals surface area contributed by atoms with Crippen LogP contribution < -0.4 is 5.32 Å². The van der Waals surface area contributed by atoms with Crippen molar-refractivity contribution in [1.82, 2.24) is 5.32 Å². The van der Waals surface area contributed by atoms with Gasteiger partial charge in [-0.05, 0) is 5.92 Å². The SMILES string of the molecule is CC(C)C(CO)NCCOCCO. The first-order valence-corrected chi connectivity index (χ1v) is 4.75. The lowest BCUT2D eigenvalue weighted by molar-refractivity contribution is 0.0892. The van der Waals surface area contributed by atoms with Crippen LogP contribution in [0.25, 0.3) is 0 Å². The van der Waals surface area contributed by atoms with E-state index in [1.807, 2.05) is 0 Å². The number of aliphatic hydroxyl groups is 2. The quantitative estimate of drug-likeness (QED) is 0.457. The highest BCUT2D eigenvalue weighted by Gasteiger charge is 2.09. The van der Waals surface area contributed by atoms with Crippen LogP contribution in [0.15, 0.2) is 0 Å². The Kier molecular flexibility index (Phi) is 8.33. The maximum atomic E-state index is 8.96. The fourth-order valence-corrected chi connectivity index (χ4v) is 0.994. The molecule has 13 heavy (non-hydrogen) atoms. The molecule has 0 bridgehead atoms. The van der Waals surface area contributed by atoms with E-state index in [9.17, 15) is 0 Å². The van der Waals surface area contributed by atoms with Crippen LogP contribution in [0.1, 0.15) is 13.8 Å². The van der Waals surface area contributed by atoms with E-state index in [2.05, 4.69) is 19.2 Å². The predicted octanol–water partition coefficient (Wildman–Crippen LogP) is -0.398. The summed E-state index contributed by atoms with van der Waals surface area (Å²) in [6.07, 6.45) is 0. The smallest absolute Gasteiger partial charge is 0.0698 e. The van der Waals surface area contributed by atoms with Crippen molar-refractivity contribution in [3.63, 3.8) is 0 Å². The molecule has 4 heteroatoms. The Hall–Kier alpha value is -0.160. The summed E-state index contributed by atoms with van der Waals surface area (Å²) in [5, 5.41) is 20.6. The first kappa shape index (κ1) is 12.8. The summed E-state index contributed by atoms with van der Waals surface area (Å²) in [7, 11) is 0. The van der Waals surface area contributed by atoms with E-state index >= 15 is 0 Å². The van der Waals surface area contributed by atoms with Gasteiger partial charge in [-0.2, -0.15) is 0 Å². The third kappa shape index (κ3) is 6.95. The Morgan fingerprint density at radius 3 is 2.38 bits per heavy atom. The molecule has 80 valence electrons. The summed E-state index contributed by atoms with van der Waals surface area (Å²) < 4.78 is 5.06. The highest BCUT2D eigenvalue weighted by Crippen LogP contribution is 1.99. The van der Waals surface area contributed by atoms with Crippen LogP contribution in [0, 0.1) is 5.92 Å². The topological polar surface area (TPSA) is 61.7 Å². The average Bonchev–Trinajstić information content (AvgIpc) is 2.10. The molecule has 0 fully saturated rings. The average molecular weight is 191 g/mol. The van der Waals surface area contributed by atoms with Crippen molar-refractivity contribution in [3.05, 3.63) is 0 Å². The molecule has 1 atom stereocenters. The molecular formula is C9H21NO3.